The molecule has 2 N–H and O–H groups in total. The second-order valence-corrected chi connectivity index (χ2v) is 2.32. The van der Waals surface area contributed by atoms with Crippen LogP contribution in [0.3, 0.4) is 0 Å². The van der Waals surface area contributed by atoms with Crippen molar-refractivity contribution in [1.82, 2.24) is 0 Å². The van der Waals surface area contributed by atoms with Gasteiger partial charge in [0.25, 0.3) is 0 Å². The van der Waals surface area contributed by atoms with Crippen LogP contribution in [-0.4, -0.2) is 12.3 Å². The van der Waals surface area contributed by atoms with Crippen molar-refractivity contribution in [2.45, 2.75) is 24.9 Å². The monoisotopic (exact) mass is 155 g/mol. The zero-order chi connectivity index (χ0) is 6.04. The van der Waals surface area contributed by atoms with E-state index in [0.717, 1.165) is 6.42 Å². The van der Waals surface area contributed by atoms with Crippen LogP contribution < -0.4 is 5.90 Å². The van der Waals surface area contributed by atoms with Gasteiger partial charge in [0.05, 0.1) is 0 Å². The Morgan fingerprint density at radius 3 is 2.22 bits per heavy atom. The first kappa shape index (κ1) is 9.14. The lowest BCUT2D eigenvalue weighted by molar-refractivity contribution is -0.0350. The van der Waals surface area contributed by atoms with E-state index in [-0.39, 0.29) is 19.0 Å². The summed E-state index contributed by atoms with van der Waals surface area (Å²) in [5.41, 5.74) is -1.07. The first-order valence-electron chi connectivity index (χ1n) is 2.77. The molecule has 4 heteroatoms. The smallest absolute Gasteiger partial charge is 0.136 e. The SMILES string of the molecule is Cl.NOCC1(F)CCC1. The molecule has 0 heterocycles. The van der Waals surface area contributed by atoms with E-state index >= 15 is 0 Å². The molecule has 2 nitrogen and oxygen atoms in total. The third-order valence-corrected chi connectivity index (χ3v) is 1.59. The maximum atomic E-state index is 12.7. The first-order valence-corrected chi connectivity index (χ1v) is 2.77. The minimum absolute atomic E-state index is 0. The van der Waals surface area contributed by atoms with Gasteiger partial charge in [-0.25, -0.2) is 10.3 Å². The van der Waals surface area contributed by atoms with Gasteiger partial charge in [0.1, 0.15) is 12.3 Å². The summed E-state index contributed by atoms with van der Waals surface area (Å²) in [6.45, 7) is 0.0625. The predicted molar refractivity (Wildman–Crippen MR) is 35.1 cm³/mol. The molecule has 9 heavy (non-hydrogen) atoms. The van der Waals surface area contributed by atoms with E-state index in [1.165, 1.54) is 0 Å². The van der Waals surface area contributed by atoms with Crippen LogP contribution >= 0.6 is 12.4 Å². The minimum atomic E-state index is -1.07. The van der Waals surface area contributed by atoms with Crippen molar-refractivity contribution in [1.29, 1.82) is 0 Å². The van der Waals surface area contributed by atoms with E-state index in [4.69, 9.17) is 0 Å². The maximum Gasteiger partial charge on any atom is 0.136 e. The molecule has 0 spiro atoms. The Morgan fingerprint density at radius 1 is 1.56 bits per heavy atom. The van der Waals surface area contributed by atoms with Gasteiger partial charge < -0.3 is 4.84 Å². The molecule has 0 unspecified atom stereocenters. The Morgan fingerprint density at radius 2 is 2.11 bits per heavy atom. The number of hydrogen-bond donors (Lipinski definition) is 1. The van der Waals surface area contributed by atoms with Crippen LogP contribution in [0.2, 0.25) is 0 Å². The Bertz CT molecular complexity index is 87.0. The number of rotatable bonds is 2. The van der Waals surface area contributed by atoms with Crippen LogP contribution in [0.15, 0.2) is 0 Å². The fourth-order valence-corrected chi connectivity index (χ4v) is 0.854. The molecule has 1 saturated carbocycles. The van der Waals surface area contributed by atoms with E-state index in [2.05, 4.69) is 10.7 Å². The molecule has 1 rings (SSSR count). The molecule has 0 atom stereocenters. The average Bonchev–Trinajstić information content (AvgIpc) is 1.64. The highest BCUT2D eigenvalue weighted by Gasteiger charge is 2.36. The van der Waals surface area contributed by atoms with Crippen LogP contribution in [-0.2, 0) is 4.84 Å². The molecule has 1 aliphatic rings. The largest absolute Gasteiger partial charge is 0.301 e. The molecule has 1 fully saturated rings. The molecule has 0 aromatic heterocycles. The number of nitrogens with two attached hydrogens (primary N) is 1. The summed E-state index contributed by atoms with van der Waals surface area (Å²) < 4.78 is 12.7. The van der Waals surface area contributed by atoms with Crippen LogP contribution in [0.25, 0.3) is 0 Å². The van der Waals surface area contributed by atoms with E-state index in [9.17, 15) is 4.39 Å². The zero-order valence-electron chi connectivity index (χ0n) is 5.10. The predicted octanol–water partition coefficient (Wildman–Crippen LogP) is 1.19. The lowest BCUT2D eigenvalue weighted by Crippen LogP contribution is -2.37. The topological polar surface area (TPSA) is 35.2 Å². The van der Waals surface area contributed by atoms with Crippen LogP contribution in [0.1, 0.15) is 19.3 Å². The highest BCUT2D eigenvalue weighted by Crippen LogP contribution is 2.35. The summed E-state index contributed by atoms with van der Waals surface area (Å²) in [5.74, 6) is 4.68. The molecule has 0 saturated heterocycles. The molecule has 0 radical (unpaired) electrons. The van der Waals surface area contributed by atoms with Gasteiger partial charge in [-0.1, -0.05) is 0 Å². The molecule has 0 aromatic carbocycles. The Kier molecular flexibility index (Phi) is 3.40. The lowest BCUT2D eigenvalue weighted by Gasteiger charge is -2.32. The van der Waals surface area contributed by atoms with Crippen molar-refractivity contribution in [3.05, 3.63) is 0 Å². The normalized spacial score (nSPS) is 22.0. The fraction of sp³-hybridized carbons (Fsp3) is 1.00. The van der Waals surface area contributed by atoms with Crippen LogP contribution in [0.4, 0.5) is 4.39 Å². The van der Waals surface area contributed by atoms with E-state index in [0.29, 0.717) is 12.8 Å². The molecule has 0 aliphatic heterocycles. The van der Waals surface area contributed by atoms with E-state index < -0.39 is 5.67 Å². The van der Waals surface area contributed by atoms with Crippen molar-refractivity contribution >= 4 is 12.4 Å². The van der Waals surface area contributed by atoms with Crippen molar-refractivity contribution < 1.29 is 9.23 Å². The van der Waals surface area contributed by atoms with Crippen LogP contribution in [0, 0.1) is 0 Å². The lowest BCUT2D eigenvalue weighted by atomic mass is 9.83. The zero-order valence-corrected chi connectivity index (χ0v) is 5.92. The van der Waals surface area contributed by atoms with Gasteiger partial charge >= 0.3 is 0 Å². The molecular weight excluding hydrogens is 145 g/mol. The fourth-order valence-electron chi connectivity index (χ4n) is 0.854. The van der Waals surface area contributed by atoms with E-state index in [1.54, 1.807) is 0 Å². The van der Waals surface area contributed by atoms with Gasteiger partial charge in [-0.15, -0.1) is 12.4 Å². The second-order valence-electron chi connectivity index (χ2n) is 2.32. The summed E-state index contributed by atoms with van der Waals surface area (Å²) in [6.07, 6.45) is 2.20. The van der Waals surface area contributed by atoms with Crippen molar-refractivity contribution in [3.63, 3.8) is 0 Å². The molecule has 0 aromatic rings. The molecule has 1 aliphatic carbocycles. The Labute approximate surface area is 59.9 Å². The summed E-state index contributed by atoms with van der Waals surface area (Å²) in [7, 11) is 0. The van der Waals surface area contributed by atoms with Gasteiger partial charge in [0.2, 0.25) is 0 Å². The van der Waals surface area contributed by atoms with Gasteiger partial charge in [-0.3, -0.25) is 0 Å². The molecule has 0 bridgehead atoms. The van der Waals surface area contributed by atoms with Gasteiger partial charge in [-0.05, 0) is 19.3 Å². The third kappa shape index (κ3) is 2.08. The first-order chi connectivity index (χ1) is 3.77. The third-order valence-electron chi connectivity index (χ3n) is 1.59. The Balaban J connectivity index is 0.000000640. The maximum absolute atomic E-state index is 12.7. The van der Waals surface area contributed by atoms with Crippen molar-refractivity contribution in [2.75, 3.05) is 6.61 Å². The summed E-state index contributed by atoms with van der Waals surface area (Å²) in [5, 5.41) is 0. The number of alkyl halides is 1. The van der Waals surface area contributed by atoms with Gasteiger partial charge in [-0.2, -0.15) is 0 Å². The number of hydrogen-bond acceptors (Lipinski definition) is 2. The summed E-state index contributed by atoms with van der Waals surface area (Å²) in [6, 6.07) is 0. The molecule has 56 valence electrons. The second kappa shape index (κ2) is 3.34. The highest BCUT2D eigenvalue weighted by atomic mass is 35.5. The van der Waals surface area contributed by atoms with Crippen LogP contribution in [0.5, 0.6) is 0 Å². The minimum Gasteiger partial charge on any atom is -0.301 e. The van der Waals surface area contributed by atoms with Crippen molar-refractivity contribution in [2.24, 2.45) is 5.90 Å². The summed E-state index contributed by atoms with van der Waals surface area (Å²) in [4.78, 5) is 4.17. The molecule has 0 amide bonds. The highest BCUT2D eigenvalue weighted by molar-refractivity contribution is 5.85. The number of halogens is 2. The Hall–Kier alpha value is 0.140. The average molecular weight is 156 g/mol. The quantitative estimate of drug-likeness (QED) is 0.608. The molecular formula is C5H11ClFNO. The standard InChI is InChI=1S/C5H10FNO.ClH/c6-5(4-8-7)2-1-3-5;/h1-4,7H2;1H. The van der Waals surface area contributed by atoms with Gasteiger partial charge in [0.15, 0.2) is 0 Å². The summed E-state index contributed by atoms with van der Waals surface area (Å²) >= 11 is 0. The van der Waals surface area contributed by atoms with Gasteiger partial charge in [0, 0.05) is 0 Å². The van der Waals surface area contributed by atoms with E-state index in [1.807, 2.05) is 0 Å². The van der Waals surface area contributed by atoms with Crippen molar-refractivity contribution in [3.8, 4) is 0 Å².